The Bertz CT molecular complexity index is 1310. The monoisotopic (exact) mass is 534 g/mol. The van der Waals surface area contributed by atoms with Crippen LogP contribution in [0.15, 0.2) is 48.5 Å². The van der Waals surface area contributed by atoms with Crippen LogP contribution in [0.1, 0.15) is 69.9 Å². The molecule has 0 saturated heterocycles. The van der Waals surface area contributed by atoms with E-state index in [1.54, 1.807) is 0 Å². The van der Waals surface area contributed by atoms with Crippen LogP contribution in [0.3, 0.4) is 0 Å². The molecule has 2 aromatic carbocycles. The quantitative estimate of drug-likeness (QED) is 0.381. The number of rotatable bonds is 9. The van der Waals surface area contributed by atoms with Gasteiger partial charge in [0, 0.05) is 31.5 Å². The van der Waals surface area contributed by atoms with Gasteiger partial charge < -0.3 is 21.7 Å². The summed E-state index contributed by atoms with van der Waals surface area (Å²) in [7, 11) is 3.88. The number of aromatic nitrogens is 1. The minimum atomic E-state index is -0.981. The number of nitrogens with zero attached hydrogens (tertiary/aromatic N) is 3. The lowest BCUT2D eigenvalue weighted by Gasteiger charge is -2.33. The van der Waals surface area contributed by atoms with Gasteiger partial charge in [0.1, 0.15) is 10.9 Å². The molecule has 1 atom stereocenters. The lowest BCUT2D eigenvalue weighted by molar-refractivity contribution is -0.123. The topological polar surface area (TPSA) is 135 Å². The van der Waals surface area contributed by atoms with Crippen molar-refractivity contribution >= 4 is 46.3 Å². The minimum Gasteiger partial charge on any atom is -0.395 e. The molecule has 0 radical (unpaired) electrons. The number of anilines is 3. The van der Waals surface area contributed by atoms with Crippen LogP contribution in [0.25, 0.3) is 0 Å². The third-order valence-electron chi connectivity index (χ3n) is 6.94. The van der Waals surface area contributed by atoms with E-state index in [1.165, 1.54) is 4.90 Å². The van der Waals surface area contributed by atoms with Crippen molar-refractivity contribution in [2.24, 2.45) is 5.73 Å². The Morgan fingerprint density at radius 1 is 1.08 bits per heavy atom. The Hall–Kier alpha value is -3.92. The zero-order valence-electron chi connectivity index (χ0n) is 21.9. The van der Waals surface area contributed by atoms with E-state index in [0.29, 0.717) is 17.7 Å². The molecule has 38 heavy (non-hydrogen) atoms. The molecule has 1 heterocycles. The van der Waals surface area contributed by atoms with Crippen molar-refractivity contribution in [1.82, 2.24) is 9.69 Å². The van der Waals surface area contributed by atoms with E-state index in [-0.39, 0.29) is 28.2 Å². The number of amides is 3. The Morgan fingerprint density at radius 2 is 1.74 bits per heavy atom. The highest BCUT2D eigenvalue weighted by Crippen LogP contribution is 2.36. The molecule has 1 saturated carbocycles. The Morgan fingerprint density at radius 3 is 2.32 bits per heavy atom. The Balaban J connectivity index is 1.89. The molecule has 200 valence electrons. The fraction of sp³-hybridized carbons (Fsp3) is 0.357. The van der Waals surface area contributed by atoms with Gasteiger partial charge in [-0.15, -0.1) is 0 Å². The first-order valence-corrected chi connectivity index (χ1v) is 13.5. The fourth-order valence-electron chi connectivity index (χ4n) is 4.87. The summed E-state index contributed by atoms with van der Waals surface area (Å²) in [4.78, 5) is 43.7. The summed E-state index contributed by atoms with van der Waals surface area (Å²) in [6.07, 6.45) is 4.56. The maximum absolute atomic E-state index is 14.3. The van der Waals surface area contributed by atoms with Crippen molar-refractivity contribution in [2.45, 2.75) is 51.1 Å². The highest BCUT2D eigenvalue weighted by molar-refractivity contribution is 7.09. The molecule has 0 aliphatic heterocycles. The average Bonchev–Trinajstić information content (AvgIpc) is 3.56. The molecule has 4 rings (SSSR count). The second kappa shape index (κ2) is 11.6. The lowest BCUT2D eigenvalue weighted by atomic mass is 9.99. The predicted octanol–water partition coefficient (Wildman–Crippen LogP) is 3.90. The van der Waals surface area contributed by atoms with Gasteiger partial charge in [0.15, 0.2) is 5.69 Å². The van der Waals surface area contributed by atoms with Gasteiger partial charge in [-0.2, -0.15) is 4.37 Å². The second-order valence-electron chi connectivity index (χ2n) is 9.67. The number of nitrogens with two attached hydrogens (primary N) is 2. The van der Waals surface area contributed by atoms with Crippen molar-refractivity contribution in [3.05, 3.63) is 70.2 Å². The van der Waals surface area contributed by atoms with Crippen LogP contribution >= 0.6 is 11.5 Å². The Labute approximate surface area is 227 Å². The number of carbonyl (C=O) groups excluding carboxylic acids is 3. The third-order valence-corrected chi connectivity index (χ3v) is 7.79. The molecular weight excluding hydrogens is 500 g/mol. The van der Waals surface area contributed by atoms with Gasteiger partial charge in [-0.3, -0.25) is 19.3 Å². The molecule has 3 aromatic rings. The molecular formula is C28H34N6O3S. The van der Waals surface area contributed by atoms with Crippen LogP contribution < -0.4 is 26.6 Å². The standard InChI is InChI=1S/C28H34N6O3S/c1-4-17-9-5-8-12-21(17)34(28(37)25-22(29)23(26(30)35)32-38-25)24(27(36)31-19-10-6-7-11-19)18-13-15-20(16-14-18)33(2)3/h5,8-9,12-16,19,24H,4,6-7,10-11,29H2,1-3H3,(H2,30,35)(H,31,36). The van der Waals surface area contributed by atoms with Gasteiger partial charge >= 0.3 is 0 Å². The van der Waals surface area contributed by atoms with Crippen LogP contribution in [0.5, 0.6) is 0 Å². The van der Waals surface area contributed by atoms with Crippen LogP contribution in [-0.4, -0.2) is 42.2 Å². The molecule has 1 fully saturated rings. The van der Waals surface area contributed by atoms with Crippen LogP contribution in [0.4, 0.5) is 17.1 Å². The highest BCUT2D eigenvalue weighted by atomic mass is 32.1. The molecule has 1 aliphatic rings. The Kier molecular flexibility index (Phi) is 8.31. The molecule has 1 aromatic heterocycles. The van der Waals surface area contributed by atoms with Gasteiger partial charge in [-0.1, -0.05) is 50.1 Å². The number of hydrogen-bond acceptors (Lipinski definition) is 7. The van der Waals surface area contributed by atoms with E-state index in [1.807, 2.05) is 74.4 Å². The van der Waals surface area contributed by atoms with Gasteiger partial charge in [0.25, 0.3) is 11.8 Å². The first-order valence-electron chi connectivity index (χ1n) is 12.8. The highest BCUT2D eigenvalue weighted by Gasteiger charge is 2.37. The van der Waals surface area contributed by atoms with Crippen molar-refractivity contribution in [3.8, 4) is 0 Å². The fourth-order valence-corrected chi connectivity index (χ4v) is 5.61. The molecule has 0 spiro atoms. The average molecular weight is 535 g/mol. The van der Waals surface area contributed by atoms with Gasteiger partial charge in [0.05, 0.1) is 5.69 Å². The van der Waals surface area contributed by atoms with Crippen molar-refractivity contribution in [2.75, 3.05) is 29.6 Å². The van der Waals surface area contributed by atoms with E-state index < -0.39 is 17.9 Å². The third kappa shape index (κ3) is 5.50. The summed E-state index contributed by atoms with van der Waals surface area (Å²) in [5.41, 5.74) is 14.5. The van der Waals surface area contributed by atoms with Crippen molar-refractivity contribution < 1.29 is 14.4 Å². The SMILES string of the molecule is CCc1ccccc1N(C(=O)c1snc(C(N)=O)c1N)C(C(=O)NC1CCCC1)c1ccc(N(C)C)cc1. The number of nitrogens with one attached hydrogen (secondary N) is 1. The van der Waals surface area contributed by atoms with Crippen molar-refractivity contribution in [1.29, 1.82) is 0 Å². The number of hydrogen-bond donors (Lipinski definition) is 3. The maximum atomic E-state index is 14.3. The van der Waals surface area contributed by atoms with Crippen LogP contribution in [0, 0.1) is 0 Å². The number of nitrogen functional groups attached to an aromatic ring is 1. The molecule has 5 N–H and O–H groups in total. The smallest absolute Gasteiger partial charge is 0.273 e. The predicted molar refractivity (Wildman–Crippen MR) is 152 cm³/mol. The molecule has 1 unspecified atom stereocenters. The van der Waals surface area contributed by atoms with Crippen LogP contribution in [-0.2, 0) is 11.2 Å². The number of aryl methyl sites for hydroxylation is 1. The zero-order chi connectivity index (χ0) is 27.4. The largest absolute Gasteiger partial charge is 0.395 e. The molecule has 9 nitrogen and oxygen atoms in total. The minimum absolute atomic E-state index is 0.0550. The van der Waals surface area contributed by atoms with Crippen molar-refractivity contribution in [3.63, 3.8) is 0 Å². The summed E-state index contributed by atoms with van der Waals surface area (Å²) in [5.74, 6) is -1.60. The maximum Gasteiger partial charge on any atom is 0.273 e. The van der Waals surface area contributed by atoms with Gasteiger partial charge in [-0.05, 0) is 60.1 Å². The number of carbonyl (C=O) groups is 3. The van der Waals surface area contributed by atoms with E-state index >= 15 is 0 Å². The summed E-state index contributed by atoms with van der Waals surface area (Å²) < 4.78 is 4.03. The van der Waals surface area contributed by atoms with Gasteiger partial charge in [0.2, 0.25) is 5.91 Å². The summed E-state index contributed by atoms with van der Waals surface area (Å²) in [6.45, 7) is 1.99. The van der Waals surface area contributed by atoms with E-state index in [2.05, 4.69) is 9.69 Å². The summed E-state index contributed by atoms with van der Waals surface area (Å²) in [6, 6.07) is 14.1. The van der Waals surface area contributed by atoms with E-state index in [9.17, 15) is 14.4 Å². The molecule has 0 bridgehead atoms. The second-order valence-corrected chi connectivity index (χ2v) is 10.4. The van der Waals surface area contributed by atoms with E-state index in [0.717, 1.165) is 48.5 Å². The molecule has 3 amide bonds. The van der Waals surface area contributed by atoms with E-state index in [4.69, 9.17) is 11.5 Å². The number of para-hydroxylation sites is 1. The summed E-state index contributed by atoms with van der Waals surface area (Å²) in [5, 5.41) is 3.19. The first-order chi connectivity index (χ1) is 18.2. The molecule has 1 aliphatic carbocycles. The summed E-state index contributed by atoms with van der Waals surface area (Å²) >= 11 is 0.807. The lowest BCUT2D eigenvalue weighted by Crippen LogP contribution is -2.46. The van der Waals surface area contributed by atoms with Gasteiger partial charge in [-0.25, -0.2) is 0 Å². The number of benzene rings is 2. The number of primary amides is 1. The zero-order valence-corrected chi connectivity index (χ0v) is 22.8. The van der Waals surface area contributed by atoms with Crippen LogP contribution in [0.2, 0.25) is 0 Å². The molecule has 10 heteroatoms. The first kappa shape index (κ1) is 27.1. The normalized spacial score (nSPS) is 14.2.